The van der Waals surface area contributed by atoms with Crippen molar-refractivity contribution in [3.05, 3.63) is 46.5 Å². The quantitative estimate of drug-likeness (QED) is 0.309. The highest BCUT2D eigenvalue weighted by molar-refractivity contribution is 9.10. The fourth-order valence-corrected chi connectivity index (χ4v) is 4.65. The maximum atomic E-state index is 12.7. The van der Waals surface area contributed by atoms with E-state index in [1.807, 2.05) is 12.2 Å². The van der Waals surface area contributed by atoms with Crippen LogP contribution in [0.1, 0.15) is 23.7 Å². The molecule has 1 aliphatic heterocycles. The summed E-state index contributed by atoms with van der Waals surface area (Å²) in [5, 5.41) is 0. The molecule has 0 unspecified atom stereocenters. The van der Waals surface area contributed by atoms with Crippen molar-refractivity contribution in [2.45, 2.75) is 19.4 Å². The Morgan fingerprint density at radius 1 is 1.11 bits per heavy atom. The number of esters is 1. The number of halogens is 1. The average molecular weight is 432 g/mol. The second kappa shape index (κ2) is 6.71. The van der Waals surface area contributed by atoms with Crippen LogP contribution in [0.2, 0.25) is 0 Å². The number of amides is 2. The Bertz CT molecular complexity index is 832. The Labute approximate surface area is 164 Å². The number of nitrogens with zero attached hydrogens (tertiary/aromatic N) is 1. The minimum Gasteiger partial charge on any atom is -0.456 e. The van der Waals surface area contributed by atoms with E-state index in [9.17, 15) is 19.2 Å². The molecule has 4 rings (SSSR count). The molecule has 1 saturated heterocycles. The summed E-state index contributed by atoms with van der Waals surface area (Å²) in [7, 11) is 0. The summed E-state index contributed by atoms with van der Waals surface area (Å²) >= 11 is 3.29. The van der Waals surface area contributed by atoms with E-state index < -0.39 is 18.6 Å². The van der Waals surface area contributed by atoms with Crippen LogP contribution in [0.25, 0.3) is 0 Å². The number of hydrogen-bond donors (Lipinski definition) is 0. The van der Waals surface area contributed by atoms with Crippen LogP contribution >= 0.6 is 15.9 Å². The Hall–Kier alpha value is -2.28. The number of fused-ring (bicyclic) bond motifs is 5. The highest BCUT2D eigenvalue weighted by Crippen LogP contribution is 2.52. The van der Waals surface area contributed by atoms with Gasteiger partial charge in [0.2, 0.25) is 11.8 Å². The molecule has 27 heavy (non-hydrogen) atoms. The van der Waals surface area contributed by atoms with Gasteiger partial charge in [0.25, 0.3) is 0 Å². The van der Waals surface area contributed by atoms with Gasteiger partial charge in [-0.3, -0.25) is 19.3 Å². The van der Waals surface area contributed by atoms with Crippen LogP contribution in [0.15, 0.2) is 40.9 Å². The number of imide groups is 1. The number of likely N-dealkylation sites (tertiary alicyclic amines) is 1. The van der Waals surface area contributed by atoms with E-state index in [4.69, 9.17) is 4.74 Å². The van der Waals surface area contributed by atoms with Gasteiger partial charge in [-0.15, -0.1) is 0 Å². The van der Waals surface area contributed by atoms with E-state index in [1.54, 1.807) is 24.3 Å². The van der Waals surface area contributed by atoms with Crippen LogP contribution in [-0.2, 0) is 19.1 Å². The zero-order valence-corrected chi connectivity index (χ0v) is 16.2. The largest absolute Gasteiger partial charge is 0.456 e. The molecule has 3 aliphatic rings. The number of ketones is 1. The van der Waals surface area contributed by atoms with Crippen LogP contribution in [-0.4, -0.2) is 41.1 Å². The molecule has 1 saturated carbocycles. The number of allylic oxidation sites excluding steroid dienone is 2. The second-order valence-corrected chi connectivity index (χ2v) is 8.18. The smallest absolute Gasteiger partial charge is 0.329 e. The van der Waals surface area contributed by atoms with E-state index in [0.717, 1.165) is 15.8 Å². The van der Waals surface area contributed by atoms with Crippen LogP contribution in [0.5, 0.6) is 0 Å². The highest BCUT2D eigenvalue weighted by Gasteiger charge is 2.60. The van der Waals surface area contributed by atoms with E-state index in [-0.39, 0.29) is 41.3 Å². The van der Waals surface area contributed by atoms with Gasteiger partial charge in [0.15, 0.2) is 12.4 Å². The molecule has 0 radical (unpaired) electrons. The Kier molecular flexibility index (Phi) is 4.50. The SMILES string of the molecule is C[C@H](C(=O)OCC(=O)c1ccc(Br)cc1)N1C(=O)[C@H]2[C@H](C1=O)[C@H]1C=C[C@H]2C1. The minimum atomic E-state index is -1.03. The lowest BCUT2D eigenvalue weighted by Crippen LogP contribution is -2.45. The first-order valence-corrected chi connectivity index (χ1v) is 9.68. The van der Waals surface area contributed by atoms with Gasteiger partial charge in [0, 0.05) is 10.0 Å². The van der Waals surface area contributed by atoms with Crippen molar-refractivity contribution >= 4 is 39.5 Å². The van der Waals surface area contributed by atoms with Crippen molar-refractivity contribution in [3.8, 4) is 0 Å². The van der Waals surface area contributed by atoms with Crippen molar-refractivity contribution in [3.63, 3.8) is 0 Å². The van der Waals surface area contributed by atoms with Gasteiger partial charge in [-0.05, 0) is 37.3 Å². The van der Waals surface area contributed by atoms with Crippen molar-refractivity contribution < 1.29 is 23.9 Å². The zero-order chi connectivity index (χ0) is 19.3. The number of hydrogen-bond acceptors (Lipinski definition) is 5. The number of rotatable bonds is 5. The third kappa shape index (κ3) is 2.94. The summed E-state index contributed by atoms with van der Waals surface area (Å²) < 4.78 is 5.93. The lowest BCUT2D eigenvalue weighted by molar-refractivity contribution is -0.157. The molecule has 7 heteroatoms. The topological polar surface area (TPSA) is 80.8 Å². The number of Topliss-reactive ketones (excluding diaryl/α,β-unsaturated/α-hetero) is 1. The first-order valence-electron chi connectivity index (χ1n) is 8.89. The van der Waals surface area contributed by atoms with E-state index in [0.29, 0.717) is 5.56 Å². The van der Waals surface area contributed by atoms with Gasteiger partial charge in [-0.25, -0.2) is 4.79 Å². The lowest BCUT2D eigenvalue weighted by atomic mass is 9.85. The maximum absolute atomic E-state index is 12.7. The molecule has 1 aromatic carbocycles. The Morgan fingerprint density at radius 2 is 1.67 bits per heavy atom. The molecule has 2 amide bonds. The zero-order valence-electron chi connectivity index (χ0n) is 14.6. The molecule has 2 fully saturated rings. The van der Waals surface area contributed by atoms with Crippen molar-refractivity contribution in [1.29, 1.82) is 0 Å². The normalized spacial score (nSPS) is 29.2. The highest BCUT2D eigenvalue weighted by atomic mass is 79.9. The van der Waals surface area contributed by atoms with Gasteiger partial charge in [0.05, 0.1) is 11.8 Å². The van der Waals surface area contributed by atoms with Crippen molar-refractivity contribution in [2.75, 3.05) is 6.61 Å². The fraction of sp³-hybridized carbons (Fsp3) is 0.400. The number of benzene rings is 1. The summed E-state index contributed by atoms with van der Waals surface area (Å²) in [6.45, 7) is 1.04. The lowest BCUT2D eigenvalue weighted by Gasteiger charge is -2.23. The molecule has 6 nitrogen and oxygen atoms in total. The number of carbonyl (C=O) groups is 4. The van der Waals surface area contributed by atoms with Crippen molar-refractivity contribution in [1.82, 2.24) is 4.90 Å². The third-order valence-corrected chi connectivity index (χ3v) is 6.27. The molecule has 140 valence electrons. The standard InChI is InChI=1S/C20H18BrNO5/c1-10(20(26)27-9-15(23)11-4-6-14(21)7-5-11)22-18(24)16-12-2-3-13(8-12)17(16)19(22)25/h2-7,10,12-13,16-17H,8-9H2,1H3/t10-,12+,13+,16-,17-/m1/s1. The molecule has 5 atom stereocenters. The molecular weight excluding hydrogens is 414 g/mol. The Morgan fingerprint density at radius 3 is 2.22 bits per heavy atom. The molecule has 0 spiro atoms. The van der Waals surface area contributed by atoms with Gasteiger partial charge in [-0.1, -0.05) is 40.2 Å². The molecule has 1 heterocycles. The summed E-state index contributed by atoms with van der Waals surface area (Å²) in [4.78, 5) is 51.0. The maximum Gasteiger partial charge on any atom is 0.329 e. The van der Waals surface area contributed by atoms with E-state index in [2.05, 4.69) is 15.9 Å². The van der Waals surface area contributed by atoms with Gasteiger partial charge < -0.3 is 4.74 Å². The van der Waals surface area contributed by atoms with E-state index in [1.165, 1.54) is 6.92 Å². The Balaban J connectivity index is 1.39. The summed E-state index contributed by atoms with van der Waals surface area (Å²) in [6, 6.07) is 5.66. The van der Waals surface area contributed by atoms with Crippen molar-refractivity contribution in [2.24, 2.45) is 23.7 Å². The van der Waals surface area contributed by atoms with Crippen LogP contribution in [0.3, 0.4) is 0 Å². The molecule has 2 aliphatic carbocycles. The van der Waals surface area contributed by atoms with Gasteiger partial charge >= 0.3 is 5.97 Å². The fourth-order valence-electron chi connectivity index (χ4n) is 4.39. The van der Waals surface area contributed by atoms with Crippen LogP contribution in [0.4, 0.5) is 0 Å². The van der Waals surface area contributed by atoms with Crippen LogP contribution in [0, 0.1) is 23.7 Å². The first kappa shape index (κ1) is 18.1. The van der Waals surface area contributed by atoms with E-state index >= 15 is 0 Å². The summed E-state index contributed by atoms with van der Waals surface area (Å²) in [5.41, 5.74) is 0.421. The predicted octanol–water partition coefficient (Wildman–Crippen LogP) is 2.37. The first-order chi connectivity index (χ1) is 12.9. The summed E-state index contributed by atoms with van der Waals surface area (Å²) in [6.07, 6.45) is 4.84. The minimum absolute atomic E-state index is 0.0867. The predicted molar refractivity (Wildman–Crippen MR) is 98.5 cm³/mol. The molecule has 0 aromatic heterocycles. The molecule has 0 N–H and O–H groups in total. The average Bonchev–Trinajstić information content (AvgIpc) is 3.33. The monoisotopic (exact) mass is 431 g/mol. The molecule has 1 aromatic rings. The number of carbonyl (C=O) groups excluding carboxylic acids is 4. The second-order valence-electron chi connectivity index (χ2n) is 7.26. The van der Waals surface area contributed by atoms with Gasteiger partial charge in [0.1, 0.15) is 6.04 Å². The van der Waals surface area contributed by atoms with Gasteiger partial charge in [-0.2, -0.15) is 0 Å². The van der Waals surface area contributed by atoms with Crippen LogP contribution < -0.4 is 0 Å². The summed E-state index contributed by atoms with van der Waals surface area (Å²) in [5.74, 6) is -2.23. The third-order valence-electron chi connectivity index (χ3n) is 5.74. The molecule has 2 bridgehead atoms. The molecular formula is C20H18BrNO5. The number of ether oxygens (including phenoxy) is 1.